The fourth-order valence-electron chi connectivity index (χ4n) is 2.08. The number of rotatable bonds is 2. The van der Waals surface area contributed by atoms with Crippen LogP contribution < -0.4 is 5.73 Å². The molecule has 0 radical (unpaired) electrons. The lowest BCUT2D eigenvalue weighted by atomic mass is 10.1. The van der Waals surface area contributed by atoms with Crippen molar-refractivity contribution >= 4 is 33.2 Å². The van der Waals surface area contributed by atoms with Gasteiger partial charge in [0.15, 0.2) is 5.82 Å². The molecule has 2 aromatic carbocycles. The van der Waals surface area contributed by atoms with Crippen LogP contribution in [0.4, 0.5) is 5.69 Å². The molecule has 0 bridgehead atoms. The summed E-state index contributed by atoms with van der Waals surface area (Å²) in [5.74, 6) is 0.504. The molecule has 5 nitrogen and oxygen atoms in total. The molecule has 0 saturated carbocycles. The molecule has 7 heteroatoms. The number of nitrogen functional groups attached to an aromatic ring is 1. The zero-order chi connectivity index (χ0) is 15.0. The summed E-state index contributed by atoms with van der Waals surface area (Å²) in [4.78, 5) is 0. The Hall–Kier alpha value is -1.92. The predicted molar refractivity (Wildman–Crippen MR) is 86.4 cm³/mol. The van der Waals surface area contributed by atoms with Crippen LogP contribution >= 0.6 is 27.5 Å². The van der Waals surface area contributed by atoms with Gasteiger partial charge in [-0.3, -0.25) is 0 Å². The molecular weight excluding hydrogens is 354 g/mol. The maximum absolute atomic E-state index is 6.25. The second kappa shape index (κ2) is 5.46. The van der Waals surface area contributed by atoms with Gasteiger partial charge < -0.3 is 5.73 Å². The summed E-state index contributed by atoms with van der Waals surface area (Å²) in [6, 6.07) is 11.2. The monoisotopic (exact) mass is 363 g/mol. The molecule has 0 saturated heterocycles. The molecule has 2 N–H and O–H groups in total. The first-order valence-corrected chi connectivity index (χ1v) is 7.35. The largest absolute Gasteiger partial charge is 0.398 e. The van der Waals surface area contributed by atoms with Crippen molar-refractivity contribution < 1.29 is 0 Å². The van der Waals surface area contributed by atoms with Gasteiger partial charge in [-0.1, -0.05) is 29.8 Å². The van der Waals surface area contributed by atoms with E-state index < -0.39 is 0 Å². The molecule has 0 aliphatic rings. The average Bonchev–Trinajstić information content (AvgIpc) is 2.91. The van der Waals surface area contributed by atoms with Gasteiger partial charge in [0, 0.05) is 10.2 Å². The smallest absolute Gasteiger partial charge is 0.190 e. The minimum atomic E-state index is 0.504. The molecular formula is C14H11BrClN5. The molecule has 21 heavy (non-hydrogen) atoms. The highest BCUT2D eigenvalue weighted by Gasteiger charge is 2.18. The van der Waals surface area contributed by atoms with Gasteiger partial charge in [-0.25, -0.2) is 0 Å². The number of halogens is 2. The molecule has 0 aliphatic heterocycles. The van der Waals surface area contributed by atoms with Crippen molar-refractivity contribution in [3.8, 4) is 17.1 Å². The Morgan fingerprint density at radius 1 is 1.19 bits per heavy atom. The number of aryl methyl sites for hydroxylation is 1. The van der Waals surface area contributed by atoms with E-state index in [1.54, 1.807) is 22.9 Å². The van der Waals surface area contributed by atoms with Crippen LogP contribution in [-0.2, 0) is 0 Å². The summed E-state index contributed by atoms with van der Waals surface area (Å²) in [7, 11) is 0. The molecule has 1 aromatic heterocycles. The number of anilines is 1. The first-order valence-electron chi connectivity index (χ1n) is 6.18. The molecule has 1 heterocycles. The van der Waals surface area contributed by atoms with Crippen molar-refractivity contribution in [2.45, 2.75) is 6.92 Å². The van der Waals surface area contributed by atoms with Crippen molar-refractivity contribution in [3.05, 3.63) is 51.5 Å². The standard InChI is InChI=1S/C14H11BrClN5/c1-8-4-2-7-11(13(8)15)21-14(18-19-20-21)12-9(16)5-3-6-10(12)17/h2-7H,17H2,1H3. The lowest BCUT2D eigenvalue weighted by Crippen LogP contribution is -2.03. The van der Waals surface area contributed by atoms with E-state index in [1.165, 1.54) is 0 Å². The third kappa shape index (κ3) is 2.41. The van der Waals surface area contributed by atoms with Crippen LogP contribution in [0, 0.1) is 6.92 Å². The minimum Gasteiger partial charge on any atom is -0.398 e. The van der Waals surface area contributed by atoms with Gasteiger partial charge in [-0.05, 0) is 57.0 Å². The Balaban J connectivity index is 2.25. The number of nitrogens with two attached hydrogens (primary N) is 1. The van der Waals surface area contributed by atoms with Gasteiger partial charge in [-0.15, -0.1) is 5.10 Å². The summed E-state index contributed by atoms with van der Waals surface area (Å²) in [5.41, 5.74) is 9.09. The Morgan fingerprint density at radius 2 is 1.95 bits per heavy atom. The van der Waals surface area contributed by atoms with Crippen LogP contribution in [0.5, 0.6) is 0 Å². The summed E-state index contributed by atoms with van der Waals surface area (Å²) < 4.78 is 2.54. The lowest BCUT2D eigenvalue weighted by molar-refractivity contribution is 0.788. The van der Waals surface area contributed by atoms with E-state index in [0.29, 0.717) is 22.1 Å². The topological polar surface area (TPSA) is 69.6 Å². The third-order valence-electron chi connectivity index (χ3n) is 3.14. The van der Waals surface area contributed by atoms with Crippen LogP contribution in [0.1, 0.15) is 5.56 Å². The number of tetrazole rings is 1. The molecule has 3 rings (SSSR count). The number of aromatic nitrogens is 4. The van der Waals surface area contributed by atoms with E-state index in [-0.39, 0.29) is 0 Å². The molecule has 0 aliphatic carbocycles. The molecule has 0 fully saturated rings. The highest BCUT2D eigenvalue weighted by Crippen LogP contribution is 2.34. The average molecular weight is 365 g/mol. The summed E-state index contributed by atoms with van der Waals surface area (Å²) in [5, 5.41) is 12.4. The second-order valence-corrected chi connectivity index (χ2v) is 5.73. The Labute approximate surface area is 134 Å². The number of hydrogen-bond acceptors (Lipinski definition) is 4. The normalized spacial score (nSPS) is 10.8. The van der Waals surface area contributed by atoms with Gasteiger partial charge in [0.1, 0.15) is 0 Å². The number of benzene rings is 2. The Kier molecular flexibility index (Phi) is 3.65. The van der Waals surface area contributed by atoms with E-state index in [1.807, 2.05) is 25.1 Å². The number of hydrogen-bond donors (Lipinski definition) is 1. The first-order chi connectivity index (χ1) is 10.1. The molecule has 0 amide bonds. The molecule has 0 atom stereocenters. The SMILES string of the molecule is Cc1cccc(-n2nnnc2-c2c(N)cccc2Cl)c1Br. The van der Waals surface area contributed by atoms with Crippen LogP contribution in [0.25, 0.3) is 17.1 Å². The summed E-state index contributed by atoms with van der Waals surface area (Å²) in [6.07, 6.45) is 0. The fourth-order valence-corrected chi connectivity index (χ4v) is 2.78. The number of nitrogens with zero attached hydrogens (tertiary/aromatic N) is 4. The van der Waals surface area contributed by atoms with Crippen LogP contribution in [0.3, 0.4) is 0 Å². The van der Waals surface area contributed by atoms with E-state index in [9.17, 15) is 0 Å². The highest BCUT2D eigenvalue weighted by atomic mass is 79.9. The zero-order valence-electron chi connectivity index (χ0n) is 11.1. The highest BCUT2D eigenvalue weighted by molar-refractivity contribution is 9.10. The first kappa shape index (κ1) is 14.0. The minimum absolute atomic E-state index is 0.504. The van der Waals surface area contributed by atoms with Gasteiger partial charge >= 0.3 is 0 Å². The van der Waals surface area contributed by atoms with Crippen molar-refractivity contribution in [1.29, 1.82) is 0 Å². The van der Waals surface area contributed by atoms with E-state index in [4.69, 9.17) is 17.3 Å². The molecule has 106 valence electrons. The van der Waals surface area contributed by atoms with Gasteiger partial charge in [0.25, 0.3) is 0 Å². The van der Waals surface area contributed by atoms with Gasteiger partial charge in [0.05, 0.1) is 16.3 Å². The molecule has 0 spiro atoms. The van der Waals surface area contributed by atoms with Crippen LogP contribution in [0.15, 0.2) is 40.9 Å². The summed E-state index contributed by atoms with van der Waals surface area (Å²) >= 11 is 9.82. The maximum atomic E-state index is 6.25. The Morgan fingerprint density at radius 3 is 2.71 bits per heavy atom. The quantitative estimate of drug-likeness (QED) is 0.705. The fraction of sp³-hybridized carbons (Fsp3) is 0.0714. The second-order valence-electron chi connectivity index (χ2n) is 4.53. The van der Waals surface area contributed by atoms with Crippen LogP contribution in [0.2, 0.25) is 5.02 Å². The predicted octanol–water partition coefficient (Wildman–Crippen LogP) is 3.64. The van der Waals surface area contributed by atoms with E-state index >= 15 is 0 Å². The zero-order valence-corrected chi connectivity index (χ0v) is 13.4. The van der Waals surface area contributed by atoms with Crippen molar-refractivity contribution in [2.75, 3.05) is 5.73 Å². The van der Waals surface area contributed by atoms with E-state index in [0.717, 1.165) is 15.7 Å². The van der Waals surface area contributed by atoms with Crippen molar-refractivity contribution in [2.24, 2.45) is 0 Å². The maximum Gasteiger partial charge on any atom is 0.190 e. The van der Waals surface area contributed by atoms with E-state index in [2.05, 4.69) is 31.5 Å². The van der Waals surface area contributed by atoms with Crippen LogP contribution in [-0.4, -0.2) is 20.2 Å². The third-order valence-corrected chi connectivity index (χ3v) is 4.49. The van der Waals surface area contributed by atoms with Crippen molar-refractivity contribution in [1.82, 2.24) is 20.2 Å². The Bertz CT molecular complexity index is 795. The lowest BCUT2D eigenvalue weighted by Gasteiger charge is -2.11. The van der Waals surface area contributed by atoms with Crippen molar-refractivity contribution in [3.63, 3.8) is 0 Å². The molecule has 3 aromatic rings. The van der Waals surface area contributed by atoms with Gasteiger partial charge in [0.2, 0.25) is 0 Å². The van der Waals surface area contributed by atoms with Gasteiger partial charge in [-0.2, -0.15) is 4.68 Å². The molecule has 0 unspecified atom stereocenters. The summed E-state index contributed by atoms with van der Waals surface area (Å²) in [6.45, 7) is 2.00.